The molecule has 2 rings (SSSR count). The fourth-order valence-electron chi connectivity index (χ4n) is 2.77. The minimum atomic E-state index is 0. The molecule has 0 spiro atoms. The third kappa shape index (κ3) is 7.81. The molecule has 1 fully saturated rings. The van der Waals surface area contributed by atoms with E-state index in [4.69, 9.17) is 0 Å². The van der Waals surface area contributed by atoms with Gasteiger partial charge in [-0.2, -0.15) is 0 Å². The molecule has 25 heavy (non-hydrogen) atoms. The lowest BCUT2D eigenvalue weighted by Gasteiger charge is -2.33. The molecule has 6 nitrogen and oxygen atoms in total. The molecule has 0 aliphatic carbocycles. The first-order valence-electron chi connectivity index (χ1n) is 8.63. The molecule has 0 aromatic carbocycles. The average Bonchev–Trinajstić information content (AvgIpc) is 3.08. The molecule has 0 radical (unpaired) electrons. The van der Waals surface area contributed by atoms with Crippen LogP contribution in [0.25, 0.3) is 0 Å². The molecular weight excluding hydrogens is 449 g/mol. The van der Waals surface area contributed by atoms with E-state index in [1.807, 2.05) is 13.8 Å². The van der Waals surface area contributed by atoms with Gasteiger partial charge in [0.1, 0.15) is 0 Å². The molecule has 3 N–H and O–H groups in total. The maximum absolute atomic E-state index is 11.6. The van der Waals surface area contributed by atoms with Crippen molar-refractivity contribution >= 4 is 52.2 Å². The van der Waals surface area contributed by atoms with Crippen LogP contribution in [0.5, 0.6) is 0 Å². The molecule has 0 saturated carbocycles. The number of halogens is 1. The number of guanidine groups is 1. The third-order valence-corrected chi connectivity index (χ3v) is 4.90. The Labute approximate surface area is 171 Å². The highest BCUT2D eigenvalue weighted by Gasteiger charge is 2.20. The highest BCUT2D eigenvalue weighted by atomic mass is 127. The molecule has 1 amide bonds. The SMILES string of the molecule is CN=C(NCCC(=O)NC(C)C)NC1CCN(c2cccs2)CC1.I. The van der Waals surface area contributed by atoms with Crippen molar-refractivity contribution in [2.24, 2.45) is 4.99 Å². The number of nitrogens with zero attached hydrogens (tertiary/aromatic N) is 2. The Hall–Kier alpha value is -1.03. The van der Waals surface area contributed by atoms with Gasteiger partial charge in [0.05, 0.1) is 5.00 Å². The summed E-state index contributed by atoms with van der Waals surface area (Å²) in [5.74, 6) is 0.846. The third-order valence-electron chi connectivity index (χ3n) is 3.97. The molecule has 0 unspecified atom stereocenters. The lowest BCUT2D eigenvalue weighted by Crippen LogP contribution is -2.49. The quantitative estimate of drug-likeness (QED) is 0.333. The summed E-state index contributed by atoms with van der Waals surface area (Å²) in [5.41, 5.74) is 0. The predicted molar refractivity (Wildman–Crippen MR) is 117 cm³/mol. The molecule has 8 heteroatoms. The normalized spacial score (nSPS) is 15.7. The first-order chi connectivity index (χ1) is 11.6. The van der Waals surface area contributed by atoms with E-state index >= 15 is 0 Å². The van der Waals surface area contributed by atoms with Crippen molar-refractivity contribution in [2.45, 2.75) is 45.2 Å². The monoisotopic (exact) mass is 479 g/mol. The van der Waals surface area contributed by atoms with Crippen molar-refractivity contribution in [3.63, 3.8) is 0 Å². The van der Waals surface area contributed by atoms with Gasteiger partial charge in [0, 0.05) is 45.2 Å². The lowest BCUT2D eigenvalue weighted by molar-refractivity contribution is -0.121. The number of hydrogen-bond acceptors (Lipinski definition) is 4. The van der Waals surface area contributed by atoms with Crippen LogP contribution < -0.4 is 20.9 Å². The Morgan fingerprint density at radius 1 is 1.40 bits per heavy atom. The Bertz CT molecular complexity index is 527. The maximum Gasteiger partial charge on any atom is 0.221 e. The molecule has 142 valence electrons. The minimum absolute atomic E-state index is 0. The zero-order valence-corrected chi connectivity index (χ0v) is 18.4. The number of piperidine rings is 1. The van der Waals surface area contributed by atoms with E-state index in [1.165, 1.54) is 5.00 Å². The average molecular weight is 479 g/mol. The van der Waals surface area contributed by atoms with Crippen LogP contribution in [0, 0.1) is 0 Å². The molecule has 1 aromatic heterocycles. The predicted octanol–water partition coefficient (Wildman–Crippen LogP) is 2.41. The van der Waals surface area contributed by atoms with Gasteiger partial charge in [-0.3, -0.25) is 9.79 Å². The second kappa shape index (κ2) is 11.6. The molecule has 1 saturated heterocycles. The first kappa shape index (κ1) is 22.0. The summed E-state index contributed by atoms with van der Waals surface area (Å²) < 4.78 is 0. The number of rotatable bonds is 6. The van der Waals surface area contributed by atoms with Gasteiger partial charge in [-0.1, -0.05) is 0 Å². The fraction of sp³-hybridized carbons (Fsp3) is 0.647. The summed E-state index contributed by atoms with van der Waals surface area (Å²) in [6.45, 7) is 6.65. The van der Waals surface area contributed by atoms with Crippen LogP contribution in [0.3, 0.4) is 0 Å². The Balaban J connectivity index is 0.00000312. The van der Waals surface area contributed by atoms with Crippen molar-refractivity contribution in [3.05, 3.63) is 17.5 Å². The topological polar surface area (TPSA) is 68.8 Å². The number of amides is 1. The van der Waals surface area contributed by atoms with Gasteiger partial charge in [0.25, 0.3) is 0 Å². The largest absolute Gasteiger partial charge is 0.363 e. The minimum Gasteiger partial charge on any atom is -0.363 e. The van der Waals surface area contributed by atoms with E-state index in [9.17, 15) is 4.79 Å². The van der Waals surface area contributed by atoms with Crippen LogP contribution >= 0.6 is 35.3 Å². The van der Waals surface area contributed by atoms with Crippen LogP contribution in [0.2, 0.25) is 0 Å². The number of carbonyl (C=O) groups excluding carboxylic acids is 1. The molecule has 2 heterocycles. The van der Waals surface area contributed by atoms with Crippen LogP contribution in [-0.4, -0.2) is 50.6 Å². The van der Waals surface area contributed by atoms with Crippen molar-refractivity contribution in [1.29, 1.82) is 0 Å². The van der Waals surface area contributed by atoms with Gasteiger partial charge in [0.15, 0.2) is 5.96 Å². The Morgan fingerprint density at radius 3 is 2.68 bits per heavy atom. The number of thiophene rings is 1. The van der Waals surface area contributed by atoms with E-state index in [1.54, 1.807) is 18.4 Å². The summed E-state index contributed by atoms with van der Waals surface area (Å²) in [6.07, 6.45) is 2.63. The number of nitrogens with one attached hydrogen (secondary N) is 3. The zero-order chi connectivity index (χ0) is 17.4. The van der Waals surface area contributed by atoms with Gasteiger partial charge in [-0.05, 0) is 44.2 Å². The first-order valence-corrected chi connectivity index (χ1v) is 9.51. The van der Waals surface area contributed by atoms with E-state index in [0.29, 0.717) is 19.0 Å². The fourth-order valence-corrected chi connectivity index (χ4v) is 3.56. The van der Waals surface area contributed by atoms with Crippen molar-refractivity contribution in [2.75, 3.05) is 31.6 Å². The highest BCUT2D eigenvalue weighted by molar-refractivity contribution is 14.0. The van der Waals surface area contributed by atoms with Gasteiger partial charge in [0.2, 0.25) is 5.91 Å². The summed E-state index contributed by atoms with van der Waals surface area (Å²) in [7, 11) is 1.77. The number of aliphatic imine (C=N–C) groups is 1. The number of anilines is 1. The van der Waals surface area contributed by atoms with Crippen LogP contribution in [0.1, 0.15) is 33.1 Å². The van der Waals surface area contributed by atoms with Gasteiger partial charge < -0.3 is 20.9 Å². The Morgan fingerprint density at radius 2 is 2.12 bits per heavy atom. The molecular formula is C17H30IN5OS. The summed E-state index contributed by atoms with van der Waals surface area (Å²) >= 11 is 1.80. The standard InChI is InChI=1S/C17H29N5OS.HI/c1-13(2)20-15(23)6-9-19-17(18-3)21-14-7-10-22(11-8-14)16-5-4-12-24-16;/h4-5,12-14H,6-11H2,1-3H3,(H,20,23)(H2,18,19,21);1H. The van der Waals surface area contributed by atoms with Crippen LogP contribution in [0.4, 0.5) is 5.00 Å². The smallest absolute Gasteiger partial charge is 0.221 e. The van der Waals surface area contributed by atoms with Gasteiger partial charge >= 0.3 is 0 Å². The van der Waals surface area contributed by atoms with E-state index in [0.717, 1.165) is 31.9 Å². The second-order valence-corrected chi connectivity index (χ2v) is 7.25. The maximum atomic E-state index is 11.6. The number of hydrogen-bond donors (Lipinski definition) is 3. The van der Waals surface area contributed by atoms with Crippen LogP contribution in [-0.2, 0) is 4.79 Å². The van der Waals surface area contributed by atoms with Crippen LogP contribution in [0.15, 0.2) is 22.5 Å². The zero-order valence-electron chi connectivity index (χ0n) is 15.2. The lowest BCUT2D eigenvalue weighted by atomic mass is 10.1. The molecule has 1 aliphatic heterocycles. The van der Waals surface area contributed by atoms with E-state index in [2.05, 4.69) is 43.4 Å². The summed E-state index contributed by atoms with van der Waals surface area (Å²) in [6, 6.07) is 4.90. The molecule has 0 atom stereocenters. The molecule has 0 bridgehead atoms. The number of carbonyl (C=O) groups is 1. The van der Waals surface area contributed by atoms with Crippen molar-refractivity contribution < 1.29 is 4.79 Å². The van der Waals surface area contributed by atoms with Crippen molar-refractivity contribution in [3.8, 4) is 0 Å². The molecule has 1 aliphatic rings. The summed E-state index contributed by atoms with van der Waals surface area (Å²) in [4.78, 5) is 18.3. The Kier molecular flexibility index (Phi) is 10.2. The van der Waals surface area contributed by atoms with E-state index in [-0.39, 0.29) is 35.9 Å². The van der Waals surface area contributed by atoms with Crippen molar-refractivity contribution in [1.82, 2.24) is 16.0 Å². The molecule has 1 aromatic rings. The second-order valence-electron chi connectivity index (χ2n) is 6.33. The van der Waals surface area contributed by atoms with Gasteiger partial charge in [-0.25, -0.2) is 0 Å². The highest BCUT2D eigenvalue weighted by Crippen LogP contribution is 2.24. The van der Waals surface area contributed by atoms with E-state index < -0.39 is 0 Å². The van der Waals surface area contributed by atoms with Gasteiger partial charge in [-0.15, -0.1) is 35.3 Å². The summed E-state index contributed by atoms with van der Waals surface area (Å²) in [5, 5.41) is 13.1.